The summed E-state index contributed by atoms with van der Waals surface area (Å²) in [5, 5.41) is 9.48. The molecule has 0 heterocycles. The van der Waals surface area contributed by atoms with Gasteiger partial charge in [0.2, 0.25) is 0 Å². The van der Waals surface area contributed by atoms with E-state index in [1.807, 2.05) is 0 Å². The first-order valence-electron chi connectivity index (χ1n) is 6.06. The van der Waals surface area contributed by atoms with Crippen LogP contribution in [0.5, 0.6) is 0 Å². The molecule has 0 aromatic heterocycles. The molecule has 15 heavy (non-hydrogen) atoms. The van der Waals surface area contributed by atoms with E-state index in [-0.39, 0.29) is 0 Å². The Hall–Kier alpha value is -0.820. The highest BCUT2D eigenvalue weighted by atomic mass is 16.3. The number of benzene rings is 1. The Bertz CT molecular complexity index is 325. The summed E-state index contributed by atoms with van der Waals surface area (Å²) >= 11 is 0. The standard InChI is InChI=1S/C14H18O/c15-9-14-12-5-6-13(14)8-11-4-2-1-3-10(11)7-12/h1-4,12-15H,5-9H2. The lowest BCUT2D eigenvalue weighted by atomic mass is 9.88. The number of fused-ring (bicyclic) bond motifs is 3. The molecule has 2 bridgehead atoms. The maximum atomic E-state index is 9.48. The molecule has 1 nitrogen and oxygen atoms in total. The fraction of sp³-hybridized carbons (Fsp3) is 0.571. The zero-order valence-corrected chi connectivity index (χ0v) is 9.02. The Balaban J connectivity index is 1.97. The largest absolute Gasteiger partial charge is 0.396 e. The molecule has 2 atom stereocenters. The Labute approximate surface area is 91.1 Å². The topological polar surface area (TPSA) is 20.2 Å². The predicted molar refractivity (Wildman–Crippen MR) is 60.6 cm³/mol. The van der Waals surface area contributed by atoms with Crippen molar-refractivity contribution < 1.29 is 5.11 Å². The van der Waals surface area contributed by atoms with Crippen LogP contribution in [-0.4, -0.2) is 11.7 Å². The third-order valence-electron chi connectivity index (χ3n) is 4.41. The molecule has 1 aromatic rings. The normalized spacial score (nSPS) is 33.5. The minimum absolute atomic E-state index is 0.392. The highest BCUT2D eigenvalue weighted by Gasteiger charge is 2.38. The lowest BCUT2D eigenvalue weighted by Crippen LogP contribution is -2.19. The second kappa shape index (κ2) is 3.64. The first-order chi connectivity index (χ1) is 7.38. The summed E-state index contributed by atoms with van der Waals surface area (Å²) in [5.74, 6) is 2.05. The van der Waals surface area contributed by atoms with E-state index in [0.29, 0.717) is 12.5 Å². The molecule has 3 rings (SSSR count). The van der Waals surface area contributed by atoms with Crippen molar-refractivity contribution in [2.45, 2.75) is 25.7 Å². The molecule has 0 aliphatic heterocycles. The molecule has 1 N–H and O–H groups in total. The molecule has 0 radical (unpaired) electrons. The van der Waals surface area contributed by atoms with Crippen molar-refractivity contribution in [3.63, 3.8) is 0 Å². The molecule has 0 amide bonds. The maximum absolute atomic E-state index is 9.48. The van der Waals surface area contributed by atoms with Gasteiger partial charge in [-0.15, -0.1) is 0 Å². The molecule has 0 spiro atoms. The van der Waals surface area contributed by atoms with Gasteiger partial charge >= 0.3 is 0 Å². The van der Waals surface area contributed by atoms with Gasteiger partial charge in [-0.05, 0) is 54.6 Å². The number of hydrogen-bond donors (Lipinski definition) is 1. The van der Waals surface area contributed by atoms with Gasteiger partial charge < -0.3 is 5.11 Å². The molecule has 2 unspecified atom stereocenters. The molecule has 0 saturated heterocycles. The van der Waals surface area contributed by atoms with E-state index in [9.17, 15) is 5.11 Å². The van der Waals surface area contributed by atoms with E-state index in [1.165, 1.54) is 36.8 Å². The van der Waals surface area contributed by atoms with E-state index in [4.69, 9.17) is 0 Å². The van der Waals surface area contributed by atoms with Crippen LogP contribution in [0.3, 0.4) is 0 Å². The minimum atomic E-state index is 0.392. The van der Waals surface area contributed by atoms with E-state index in [2.05, 4.69) is 24.3 Å². The zero-order valence-electron chi connectivity index (χ0n) is 9.02. The minimum Gasteiger partial charge on any atom is -0.396 e. The lowest BCUT2D eigenvalue weighted by Gasteiger charge is -2.18. The van der Waals surface area contributed by atoms with Crippen molar-refractivity contribution in [2.24, 2.45) is 17.8 Å². The average Bonchev–Trinajstić information content (AvgIpc) is 2.54. The van der Waals surface area contributed by atoms with Gasteiger partial charge in [-0.1, -0.05) is 24.3 Å². The van der Waals surface area contributed by atoms with Crippen LogP contribution in [0.15, 0.2) is 24.3 Å². The van der Waals surface area contributed by atoms with E-state index in [0.717, 1.165) is 11.8 Å². The zero-order chi connectivity index (χ0) is 10.3. The summed E-state index contributed by atoms with van der Waals surface area (Å²) in [6.45, 7) is 0.392. The Morgan fingerprint density at radius 2 is 1.53 bits per heavy atom. The molecule has 80 valence electrons. The van der Waals surface area contributed by atoms with Gasteiger partial charge in [-0.25, -0.2) is 0 Å². The van der Waals surface area contributed by atoms with Gasteiger partial charge in [0.15, 0.2) is 0 Å². The molecule has 1 fully saturated rings. The van der Waals surface area contributed by atoms with E-state index >= 15 is 0 Å². The van der Waals surface area contributed by atoms with Crippen LogP contribution in [0, 0.1) is 17.8 Å². The Morgan fingerprint density at radius 3 is 2.00 bits per heavy atom. The van der Waals surface area contributed by atoms with Gasteiger partial charge in [0, 0.05) is 6.61 Å². The molecule has 1 heteroatoms. The van der Waals surface area contributed by atoms with Crippen LogP contribution in [0.4, 0.5) is 0 Å². The first kappa shape index (κ1) is 9.41. The van der Waals surface area contributed by atoms with Crippen LogP contribution in [0.1, 0.15) is 24.0 Å². The van der Waals surface area contributed by atoms with Gasteiger partial charge in [0.1, 0.15) is 0 Å². The van der Waals surface area contributed by atoms with Gasteiger partial charge in [0.25, 0.3) is 0 Å². The highest BCUT2D eigenvalue weighted by Crippen LogP contribution is 2.43. The van der Waals surface area contributed by atoms with Crippen LogP contribution in [0.2, 0.25) is 0 Å². The second-order valence-electron chi connectivity index (χ2n) is 5.12. The third-order valence-corrected chi connectivity index (χ3v) is 4.41. The maximum Gasteiger partial charge on any atom is 0.0464 e. The van der Waals surface area contributed by atoms with Gasteiger partial charge in [-0.2, -0.15) is 0 Å². The number of hydrogen-bond acceptors (Lipinski definition) is 1. The van der Waals surface area contributed by atoms with Crippen LogP contribution in [0.25, 0.3) is 0 Å². The first-order valence-corrected chi connectivity index (χ1v) is 6.06. The number of aliphatic hydroxyl groups excluding tert-OH is 1. The smallest absolute Gasteiger partial charge is 0.0464 e. The number of aliphatic hydroxyl groups is 1. The van der Waals surface area contributed by atoms with Crippen molar-refractivity contribution in [3.05, 3.63) is 35.4 Å². The molecule has 2 aliphatic rings. The Kier molecular flexibility index (Phi) is 2.28. The number of rotatable bonds is 1. The summed E-state index contributed by atoms with van der Waals surface area (Å²) < 4.78 is 0. The van der Waals surface area contributed by atoms with E-state index in [1.54, 1.807) is 0 Å². The van der Waals surface area contributed by atoms with Crippen LogP contribution < -0.4 is 0 Å². The lowest BCUT2D eigenvalue weighted by molar-refractivity contribution is 0.163. The van der Waals surface area contributed by atoms with Crippen molar-refractivity contribution in [1.29, 1.82) is 0 Å². The van der Waals surface area contributed by atoms with Crippen LogP contribution >= 0.6 is 0 Å². The Morgan fingerprint density at radius 1 is 1.00 bits per heavy atom. The van der Waals surface area contributed by atoms with Crippen molar-refractivity contribution >= 4 is 0 Å². The third kappa shape index (κ3) is 1.50. The van der Waals surface area contributed by atoms with Gasteiger partial charge in [-0.3, -0.25) is 0 Å². The summed E-state index contributed by atoms with van der Waals surface area (Å²) in [6.07, 6.45) is 5.03. The second-order valence-corrected chi connectivity index (χ2v) is 5.12. The molecule has 1 aromatic carbocycles. The van der Waals surface area contributed by atoms with Crippen molar-refractivity contribution in [1.82, 2.24) is 0 Å². The monoisotopic (exact) mass is 202 g/mol. The molecular formula is C14H18O. The highest BCUT2D eigenvalue weighted by molar-refractivity contribution is 5.30. The summed E-state index contributed by atoms with van der Waals surface area (Å²) in [5.41, 5.74) is 3.06. The summed E-state index contributed by atoms with van der Waals surface area (Å²) in [4.78, 5) is 0. The van der Waals surface area contributed by atoms with Crippen LogP contribution in [-0.2, 0) is 12.8 Å². The quantitative estimate of drug-likeness (QED) is 0.741. The fourth-order valence-corrected chi connectivity index (χ4v) is 3.57. The van der Waals surface area contributed by atoms with E-state index < -0.39 is 0 Å². The summed E-state index contributed by atoms with van der Waals surface area (Å²) in [7, 11) is 0. The van der Waals surface area contributed by atoms with Crippen molar-refractivity contribution in [3.8, 4) is 0 Å². The summed E-state index contributed by atoms with van der Waals surface area (Å²) in [6, 6.07) is 8.83. The fourth-order valence-electron chi connectivity index (χ4n) is 3.57. The predicted octanol–water partition coefficient (Wildman–Crippen LogP) is 2.42. The molecule has 2 aliphatic carbocycles. The van der Waals surface area contributed by atoms with Gasteiger partial charge in [0.05, 0.1) is 0 Å². The van der Waals surface area contributed by atoms with Crippen molar-refractivity contribution in [2.75, 3.05) is 6.61 Å². The molecular weight excluding hydrogens is 184 g/mol. The molecule has 1 saturated carbocycles. The average molecular weight is 202 g/mol. The SMILES string of the molecule is OCC1C2CCC1Cc1ccccc1C2.